The van der Waals surface area contributed by atoms with Crippen LogP contribution in [0.25, 0.3) is 0 Å². The van der Waals surface area contributed by atoms with E-state index in [4.69, 9.17) is 4.74 Å². The minimum absolute atomic E-state index is 0.449. The van der Waals surface area contributed by atoms with Gasteiger partial charge < -0.3 is 9.64 Å². The van der Waals surface area contributed by atoms with Crippen LogP contribution < -0.4 is 0 Å². The fourth-order valence-electron chi connectivity index (χ4n) is 1.78. The number of benzene rings is 1. The van der Waals surface area contributed by atoms with E-state index in [2.05, 4.69) is 49.3 Å². The first-order valence-electron chi connectivity index (χ1n) is 5.09. The zero-order valence-electron chi connectivity index (χ0n) is 8.81. The first-order valence-corrected chi connectivity index (χ1v) is 5.09. The first kappa shape index (κ1) is 9.69. The minimum Gasteiger partial charge on any atom is -0.371 e. The molecular formula is C12H17NO. The second-order valence-electron chi connectivity index (χ2n) is 4.09. The average molecular weight is 191 g/mol. The van der Waals surface area contributed by atoms with E-state index < -0.39 is 0 Å². The predicted octanol–water partition coefficient (Wildman–Crippen LogP) is 1.56. The molecule has 2 atom stereocenters. The maximum absolute atomic E-state index is 5.36. The molecule has 0 spiro atoms. The largest absolute Gasteiger partial charge is 0.371 e. The lowest BCUT2D eigenvalue weighted by atomic mass is 10.0. The van der Waals surface area contributed by atoms with Gasteiger partial charge in [-0.15, -0.1) is 0 Å². The van der Waals surface area contributed by atoms with E-state index >= 15 is 0 Å². The Kier molecular flexibility index (Phi) is 2.85. The summed E-state index contributed by atoms with van der Waals surface area (Å²) in [5.41, 5.74) is 1.39. The Balaban J connectivity index is 2.00. The molecule has 1 aliphatic rings. The van der Waals surface area contributed by atoms with Gasteiger partial charge in [0.25, 0.3) is 0 Å². The van der Waals surface area contributed by atoms with Crippen molar-refractivity contribution in [1.82, 2.24) is 4.90 Å². The molecule has 0 bridgehead atoms. The number of epoxide rings is 1. The van der Waals surface area contributed by atoms with Crippen molar-refractivity contribution in [2.45, 2.75) is 18.6 Å². The Hall–Kier alpha value is -0.860. The molecule has 2 rings (SSSR count). The lowest BCUT2D eigenvalue weighted by molar-refractivity contribution is 0.228. The van der Waals surface area contributed by atoms with Gasteiger partial charge in [0.2, 0.25) is 0 Å². The van der Waals surface area contributed by atoms with Gasteiger partial charge in [0.15, 0.2) is 0 Å². The topological polar surface area (TPSA) is 15.8 Å². The third-order valence-electron chi connectivity index (χ3n) is 2.74. The Morgan fingerprint density at radius 1 is 1.36 bits per heavy atom. The van der Waals surface area contributed by atoms with Crippen molar-refractivity contribution >= 4 is 0 Å². The molecule has 0 saturated carbocycles. The molecule has 1 aromatic carbocycles. The summed E-state index contributed by atoms with van der Waals surface area (Å²) in [6, 6.07) is 11.1. The SMILES string of the molecule is CN(C)[C@@H](Cc1ccccc1)C1CO1. The van der Waals surface area contributed by atoms with Gasteiger partial charge in [-0.3, -0.25) is 0 Å². The van der Waals surface area contributed by atoms with Gasteiger partial charge in [0.1, 0.15) is 0 Å². The molecule has 2 nitrogen and oxygen atoms in total. The molecule has 76 valence electrons. The summed E-state index contributed by atoms with van der Waals surface area (Å²) in [6.45, 7) is 0.926. The van der Waals surface area contributed by atoms with Gasteiger partial charge in [-0.25, -0.2) is 0 Å². The fourth-order valence-corrected chi connectivity index (χ4v) is 1.78. The van der Waals surface area contributed by atoms with Gasteiger partial charge in [-0.2, -0.15) is 0 Å². The van der Waals surface area contributed by atoms with Crippen LogP contribution in [0.4, 0.5) is 0 Å². The predicted molar refractivity (Wildman–Crippen MR) is 57.4 cm³/mol. The average Bonchev–Trinajstić information content (AvgIpc) is 2.99. The number of hydrogen-bond acceptors (Lipinski definition) is 2. The van der Waals surface area contributed by atoms with Crippen LogP contribution in [-0.4, -0.2) is 37.7 Å². The van der Waals surface area contributed by atoms with E-state index in [9.17, 15) is 0 Å². The zero-order valence-corrected chi connectivity index (χ0v) is 8.81. The molecule has 1 heterocycles. The monoisotopic (exact) mass is 191 g/mol. The summed E-state index contributed by atoms with van der Waals surface area (Å²) in [6.07, 6.45) is 1.53. The molecule has 2 heteroatoms. The lowest BCUT2D eigenvalue weighted by Gasteiger charge is -2.22. The number of likely N-dealkylation sites (N-methyl/N-ethyl adjacent to an activating group) is 1. The molecule has 14 heavy (non-hydrogen) atoms. The van der Waals surface area contributed by atoms with Gasteiger partial charge in [-0.05, 0) is 26.1 Å². The van der Waals surface area contributed by atoms with Crippen LogP contribution in [0.5, 0.6) is 0 Å². The number of ether oxygens (including phenoxy) is 1. The fraction of sp³-hybridized carbons (Fsp3) is 0.500. The Bertz CT molecular complexity index is 278. The highest BCUT2D eigenvalue weighted by Crippen LogP contribution is 2.21. The smallest absolute Gasteiger partial charge is 0.0967 e. The molecule has 0 radical (unpaired) electrons. The summed E-state index contributed by atoms with van der Waals surface area (Å²) < 4.78 is 5.36. The Morgan fingerprint density at radius 3 is 2.50 bits per heavy atom. The Labute approximate surface area is 85.5 Å². The van der Waals surface area contributed by atoms with Crippen LogP contribution in [0.1, 0.15) is 5.56 Å². The maximum atomic E-state index is 5.36. The van der Waals surface area contributed by atoms with Crippen LogP contribution >= 0.6 is 0 Å². The molecule has 1 aliphatic heterocycles. The molecule has 1 unspecified atom stereocenters. The number of nitrogens with zero attached hydrogens (tertiary/aromatic N) is 1. The molecular weight excluding hydrogens is 174 g/mol. The van der Waals surface area contributed by atoms with E-state index in [0.29, 0.717) is 12.1 Å². The van der Waals surface area contributed by atoms with Gasteiger partial charge >= 0.3 is 0 Å². The van der Waals surface area contributed by atoms with E-state index in [1.165, 1.54) is 5.56 Å². The van der Waals surface area contributed by atoms with Crippen LogP contribution in [-0.2, 0) is 11.2 Å². The van der Waals surface area contributed by atoms with Crippen molar-refractivity contribution in [2.24, 2.45) is 0 Å². The van der Waals surface area contributed by atoms with Crippen molar-refractivity contribution in [3.63, 3.8) is 0 Å². The number of rotatable bonds is 4. The summed E-state index contributed by atoms with van der Waals surface area (Å²) in [4.78, 5) is 2.25. The molecule has 0 amide bonds. The van der Waals surface area contributed by atoms with Crippen molar-refractivity contribution in [2.75, 3.05) is 20.7 Å². The van der Waals surface area contributed by atoms with Crippen LogP contribution in [0.3, 0.4) is 0 Å². The van der Waals surface area contributed by atoms with Crippen molar-refractivity contribution in [3.8, 4) is 0 Å². The van der Waals surface area contributed by atoms with Crippen molar-refractivity contribution < 1.29 is 4.74 Å². The van der Waals surface area contributed by atoms with E-state index in [1.807, 2.05) is 0 Å². The lowest BCUT2D eigenvalue weighted by Crippen LogP contribution is -2.35. The van der Waals surface area contributed by atoms with Crippen LogP contribution in [0.15, 0.2) is 30.3 Å². The van der Waals surface area contributed by atoms with Gasteiger partial charge in [0, 0.05) is 6.04 Å². The molecule has 0 N–H and O–H groups in total. The summed E-state index contributed by atoms with van der Waals surface area (Å²) in [5.74, 6) is 0. The van der Waals surface area contributed by atoms with Crippen LogP contribution in [0, 0.1) is 0 Å². The van der Waals surface area contributed by atoms with E-state index in [1.54, 1.807) is 0 Å². The maximum Gasteiger partial charge on any atom is 0.0967 e. The van der Waals surface area contributed by atoms with E-state index in [-0.39, 0.29) is 0 Å². The van der Waals surface area contributed by atoms with Crippen LogP contribution in [0.2, 0.25) is 0 Å². The van der Waals surface area contributed by atoms with Crippen molar-refractivity contribution in [3.05, 3.63) is 35.9 Å². The van der Waals surface area contributed by atoms with E-state index in [0.717, 1.165) is 13.0 Å². The summed E-state index contributed by atoms with van der Waals surface area (Å²) in [5, 5.41) is 0. The molecule has 1 aromatic rings. The quantitative estimate of drug-likeness (QED) is 0.671. The molecule has 0 aliphatic carbocycles. The zero-order chi connectivity index (χ0) is 9.97. The second-order valence-corrected chi connectivity index (χ2v) is 4.09. The first-order chi connectivity index (χ1) is 6.77. The number of hydrogen-bond donors (Lipinski definition) is 0. The summed E-state index contributed by atoms with van der Waals surface area (Å²) >= 11 is 0. The third kappa shape index (κ3) is 2.34. The highest BCUT2D eigenvalue weighted by Gasteiger charge is 2.33. The molecule has 0 aromatic heterocycles. The Morgan fingerprint density at radius 2 is 2.00 bits per heavy atom. The van der Waals surface area contributed by atoms with Crippen molar-refractivity contribution in [1.29, 1.82) is 0 Å². The third-order valence-corrected chi connectivity index (χ3v) is 2.74. The van der Waals surface area contributed by atoms with Gasteiger partial charge in [-0.1, -0.05) is 30.3 Å². The molecule has 1 fully saturated rings. The second kappa shape index (κ2) is 4.11. The highest BCUT2D eigenvalue weighted by atomic mass is 16.6. The molecule has 1 saturated heterocycles. The minimum atomic E-state index is 0.449. The normalized spacial score (nSPS) is 22.4. The standard InChI is InChI=1S/C12H17NO/c1-13(2)11(12-9-14-12)8-10-6-4-3-5-7-10/h3-7,11-12H,8-9H2,1-2H3/t11-,12?/m0/s1. The van der Waals surface area contributed by atoms with Gasteiger partial charge in [0.05, 0.1) is 12.7 Å². The summed E-state index contributed by atoms with van der Waals surface area (Å²) in [7, 11) is 4.24. The highest BCUT2D eigenvalue weighted by molar-refractivity contribution is 5.16.